The molecule has 1 atom stereocenters. The second-order valence-electron chi connectivity index (χ2n) is 3.73. The standard InChI is InChI=1S/C12H18N2O/c13-11(8-4-5-9-12(14)15)10-6-2-1-3-7-10/h1-3,6-7,11H,4-5,8-9,13H2,(H2,14,15). The van der Waals surface area contributed by atoms with Crippen LogP contribution in [0.5, 0.6) is 0 Å². The lowest BCUT2D eigenvalue weighted by Gasteiger charge is -2.10. The van der Waals surface area contributed by atoms with Crippen LogP contribution < -0.4 is 11.5 Å². The van der Waals surface area contributed by atoms with E-state index in [1.807, 2.05) is 30.3 Å². The monoisotopic (exact) mass is 206 g/mol. The molecule has 0 saturated carbocycles. The molecule has 1 amide bonds. The van der Waals surface area contributed by atoms with Crippen molar-refractivity contribution in [3.05, 3.63) is 35.9 Å². The van der Waals surface area contributed by atoms with Gasteiger partial charge in [0.1, 0.15) is 0 Å². The molecule has 0 heterocycles. The number of benzene rings is 1. The largest absolute Gasteiger partial charge is 0.370 e. The normalized spacial score (nSPS) is 12.3. The van der Waals surface area contributed by atoms with Crippen molar-refractivity contribution >= 4 is 5.91 Å². The number of nitrogens with two attached hydrogens (primary N) is 2. The first-order chi connectivity index (χ1) is 7.20. The molecule has 1 rings (SSSR count). The highest BCUT2D eigenvalue weighted by Crippen LogP contribution is 2.16. The number of unbranched alkanes of at least 4 members (excludes halogenated alkanes) is 1. The van der Waals surface area contributed by atoms with Crippen LogP contribution in [-0.4, -0.2) is 5.91 Å². The lowest BCUT2D eigenvalue weighted by Crippen LogP contribution is -2.12. The van der Waals surface area contributed by atoms with Crippen LogP contribution in [0.1, 0.15) is 37.3 Å². The van der Waals surface area contributed by atoms with Crippen LogP contribution in [0.4, 0.5) is 0 Å². The predicted octanol–water partition coefficient (Wildman–Crippen LogP) is 1.73. The van der Waals surface area contributed by atoms with Gasteiger partial charge in [0.15, 0.2) is 0 Å². The van der Waals surface area contributed by atoms with Gasteiger partial charge in [-0.15, -0.1) is 0 Å². The zero-order valence-corrected chi connectivity index (χ0v) is 8.86. The van der Waals surface area contributed by atoms with Crippen molar-refractivity contribution in [2.45, 2.75) is 31.7 Å². The molecule has 15 heavy (non-hydrogen) atoms. The highest BCUT2D eigenvalue weighted by atomic mass is 16.1. The summed E-state index contributed by atoms with van der Waals surface area (Å²) in [5.41, 5.74) is 12.2. The van der Waals surface area contributed by atoms with E-state index >= 15 is 0 Å². The van der Waals surface area contributed by atoms with Crippen LogP contribution >= 0.6 is 0 Å². The minimum atomic E-state index is -0.233. The van der Waals surface area contributed by atoms with Gasteiger partial charge in [0, 0.05) is 12.5 Å². The minimum absolute atomic E-state index is 0.0686. The Morgan fingerprint density at radius 3 is 2.47 bits per heavy atom. The molecular formula is C12H18N2O. The van der Waals surface area contributed by atoms with Crippen LogP contribution in [0.2, 0.25) is 0 Å². The Balaban J connectivity index is 2.25. The Kier molecular flexibility index (Phi) is 4.84. The summed E-state index contributed by atoms with van der Waals surface area (Å²) in [6.07, 6.45) is 3.13. The molecule has 3 nitrogen and oxygen atoms in total. The molecule has 0 aliphatic rings. The number of carbonyl (C=O) groups excluding carboxylic acids is 1. The zero-order chi connectivity index (χ0) is 11.1. The maximum Gasteiger partial charge on any atom is 0.217 e. The fourth-order valence-corrected chi connectivity index (χ4v) is 1.53. The van der Waals surface area contributed by atoms with Crippen molar-refractivity contribution in [3.8, 4) is 0 Å². The summed E-state index contributed by atoms with van der Waals surface area (Å²) in [7, 11) is 0. The molecule has 1 aromatic carbocycles. The van der Waals surface area contributed by atoms with E-state index in [1.54, 1.807) is 0 Å². The Hall–Kier alpha value is -1.35. The second kappa shape index (κ2) is 6.19. The average Bonchev–Trinajstić information content (AvgIpc) is 2.25. The van der Waals surface area contributed by atoms with Gasteiger partial charge in [-0.2, -0.15) is 0 Å². The van der Waals surface area contributed by atoms with Gasteiger partial charge < -0.3 is 11.5 Å². The SMILES string of the molecule is NC(=O)CCCCC(N)c1ccccc1. The van der Waals surface area contributed by atoms with Crippen molar-refractivity contribution < 1.29 is 4.79 Å². The topological polar surface area (TPSA) is 69.1 Å². The van der Waals surface area contributed by atoms with E-state index in [1.165, 1.54) is 0 Å². The summed E-state index contributed by atoms with van der Waals surface area (Å²) in [4.78, 5) is 10.5. The third-order valence-corrected chi connectivity index (χ3v) is 2.42. The van der Waals surface area contributed by atoms with E-state index in [9.17, 15) is 4.79 Å². The second-order valence-corrected chi connectivity index (χ2v) is 3.73. The maximum absolute atomic E-state index is 10.5. The number of amides is 1. The molecule has 0 aromatic heterocycles. The number of hydrogen-bond acceptors (Lipinski definition) is 2. The van der Waals surface area contributed by atoms with Gasteiger partial charge >= 0.3 is 0 Å². The molecule has 82 valence electrons. The molecule has 0 aliphatic carbocycles. The van der Waals surface area contributed by atoms with E-state index in [-0.39, 0.29) is 11.9 Å². The summed E-state index contributed by atoms with van der Waals surface area (Å²) in [5, 5.41) is 0. The third-order valence-electron chi connectivity index (χ3n) is 2.42. The molecule has 0 saturated heterocycles. The highest BCUT2D eigenvalue weighted by Gasteiger charge is 2.04. The Morgan fingerprint density at radius 2 is 1.87 bits per heavy atom. The lowest BCUT2D eigenvalue weighted by molar-refractivity contribution is -0.118. The average molecular weight is 206 g/mol. The molecule has 3 heteroatoms. The summed E-state index contributed by atoms with van der Waals surface area (Å²) in [6.45, 7) is 0. The first-order valence-electron chi connectivity index (χ1n) is 5.29. The number of carbonyl (C=O) groups is 1. The molecule has 4 N–H and O–H groups in total. The quantitative estimate of drug-likeness (QED) is 0.696. The Morgan fingerprint density at radius 1 is 1.20 bits per heavy atom. The van der Waals surface area contributed by atoms with Crippen LogP contribution in [0.25, 0.3) is 0 Å². The van der Waals surface area contributed by atoms with Gasteiger partial charge in [-0.1, -0.05) is 36.8 Å². The van der Waals surface area contributed by atoms with Crippen LogP contribution in [0.15, 0.2) is 30.3 Å². The van der Waals surface area contributed by atoms with Gasteiger partial charge in [-0.25, -0.2) is 0 Å². The van der Waals surface area contributed by atoms with Gasteiger partial charge in [-0.05, 0) is 18.4 Å². The molecule has 0 spiro atoms. The van der Waals surface area contributed by atoms with E-state index in [4.69, 9.17) is 11.5 Å². The van der Waals surface area contributed by atoms with Crippen LogP contribution in [0.3, 0.4) is 0 Å². The molecule has 1 aromatic rings. The molecule has 0 bridgehead atoms. The number of rotatable bonds is 6. The summed E-state index contributed by atoms with van der Waals surface area (Å²) >= 11 is 0. The Bertz CT molecular complexity index is 298. The molecule has 0 fully saturated rings. The van der Waals surface area contributed by atoms with Gasteiger partial charge in [0.25, 0.3) is 0 Å². The minimum Gasteiger partial charge on any atom is -0.370 e. The van der Waals surface area contributed by atoms with Crippen LogP contribution in [0, 0.1) is 0 Å². The molecular weight excluding hydrogens is 188 g/mol. The van der Waals surface area contributed by atoms with Crippen LogP contribution in [-0.2, 0) is 4.79 Å². The fourth-order valence-electron chi connectivity index (χ4n) is 1.53. The lowest BCUT2D eigenvalue weighted by atomic mass is 10.0. The molecule has 0 radical (unpaired) electrons. The van der Waals surface area contributed by atoms with E-state index in [0.717, 1.165) is 24.8 Å². The third kappa shape index (κ3) is 4.61. The van der Waals surface area contributed by atoms with E-state index in [0.29, 0.717) is 6.42 Å². The molecule has 0 aliphatic heterocycles. The zero-order valence-electron chi connectivity index (χ0n) is 8.86. The van der Waals surface area contributed by atoms with Crippen molar-refractivity contribution in [2.24, 2.45) is 11.5 Å². The fraction of sp³-hybridized carbons (Fsp3) is 0.417. The van der Waals surface area contributed by atoms with Crippen molar-refractivity contribution in [1.82, 2.24) is 0 Å². The first-order valence-corrected chi connectivity index (χ1v) is 5.29. The maximum atomic E-state index is 10.5. The summed E-state index contributed by atoms with van der Waals surface area (Å²) in [6, 6.07) is 10.1. The van der Waals surface area contributed by atoms with E-state index in [2.05, 4.69) is 0 Å². The van der Waals surface area contributed by atoms with Gasteiger partial charge in [0.05, 0.1) is 0 Å². The predicted molar refractivity (Wildman–Crippen MR) is 61.0 cm³/mol. The van der Waals surface area contributed by atoms with Crippen molar-refractivity contribution in [2.75, 3.05) is 0 Å². The number of hydrogen-bond donors (Lipinski definition) is 2. The summed E-state index contributed by atoms with van der Waals surface area (Å²) < 4.78 is 0. The highest BCUT2D eigenvalue weighted by molar-refractivity contribution is 5.73. The van der Waals surface area contributed by atoms with Crippen molar-refractivity contribution in [1.29, 1.82) is 0 Å². The summed E-state index contributed by atoms with van der Waals surface area (Å²) in [5.74, 6) is -0.233. The first kappa shape index (κ1) is 11.7. The smallest absolute Gasteiger partial charge is 0.217 e. The Labute approximate surface area is 90.5 Å². The van der Waals surface area contributed by atoms with Gasteiger partial charge in [-0.3, -0.25) is 4.79 Å². The van der Waals surface area contributed by atoms with Gasteiger partial charge in [0.2, 0.25) is 5.91 Å². The number of primary amides is 1. The van der Waals surface area contributed by atoms with E-state index < -0.39 is 0 Å². The molecule has 1 unspecified atom stereocenters. The van der Waals surface area contributed by atoms with Crippen molar-refractivity contribution in [3.63, 3.8) is 0 Å².